The maximum Gasteiger partial charge on any atom is 0.270 e. The lowest BCUT2D eigenvalue weighted by Gasteiger charge is -2.31. The summed E-state index contributed by atoms with van der Waals surface area (Å²) < 4.78 is 54.6. The average molecular weight is 1590 g/mol. The Morgan fingerprint density at radius 3 is 0.727 bits per heavy atom. The molecule has 2 aliphatic carbocycles. The number of hydrogen-bond donors (Lipinski definition) is 4. The van der Waals surface area contributed by atoms with Crippen molar-refractivity contribution in [2.45, 2.75) is 107 Å². The Morgan fingerprint density at radius 1 is 0.273 bits per heavy atom. The van der Waals surface area contributed by atoms with Crippen molar-refractivity contribution >= 4 is 11.4 Å². The van der Waals surface area contributed by atoms with Gasteiger partial charge in [0.05, 0.1) is 13.1 Å². The highest BCUT2D eigenvalue weighted by molar-refractivity contribution is 5.74. The summed E-state index contributed by atoms with van der Waals surface area (Å²) in [4.78, 5) is 8.07. The Hall–Kier alpha value is -14.7. The first-order valence-electron chi connectivity index (χ1n) is 39.6. The second-order valence-corrected chi connectivity index (χ2v) is 32.5. The first kappa shape index (κ1) is 80.1. The summed E-state index contributed by atoms with van der Waals surface area (Å²) in [6, 6.07) is 98.4. The van der Waals surface area contributed by atoms with Crippen molar-refractivity contribution in [3.05, 3.63) is 416 Å². The number of nitriles is 2. The van der Waals surface area contributed by atoms with Gasteiger partial charge < -0.3 is 58.3 Å². The van der Waals surface area contributed by atoms with Crippen LogP contribution < -0.4 is 37.9 Å². The smallest absolute Gasteiger partial charge is 0.270 e. The normalized spacial score (nSPS) is 15.9. The topological polar surface area (TPSA) is 211 Å². The van der Waals surface area contributed by atoms with Gasteiger partial charge >= 0.3 is 0 Å². The molecule has 0 heterocycles. The molecule has 16 heteroatoms. The van der Waals surface area contributed by atoms with Crippen LogP contribution in [0.1, 0.15) is 146 Å². The predicted octanol–water partition coefficient (Wildman–Crippen LogP) is 25.5. The first-order valence-corrected chi connectivity index (χ1v) is 39.6. The molecule has 14 aromatic carbocycles. The Balaban J connectivity index is 0.808. The van der Waals surface area contributed by atoms with Crippen LogP contribution in [0.25, 0.3) is 9.69 Å². The molecule has 596 valence electrons. The van der Waals surface area contributed by atoms with Gasteiger partial charge in [-0.25, -0.2) is 9.69 Å². The number of rotatable bonds is 24. The van der Waals surface area contributed by atoms with Gasteiger partial charge in [0, 0.05) is 5.41 Å². The van der Waals surface area contributed by atoms with Gasteiger partial charge in [-0.3, -0.25) is 0 Å². The van der Waals surface area contributed by atoms with E-state index in [-0.39, 0.29) is 91.5 Å². The van der Waals surface area contributed by atoms with Crippen LogP contribution in [0.15, 0.2) is 315 Å². The van der Waals surface area contributed by atoms with Crippen molar-refractivity contribution in [1.29, 1.82) is 10.5 Å². The fraction of sp³-hybridized carbons (Fsp3) is 0.162. The molecule has 0 aromatic heterocycles. The van der Waals surface area contributed by atoms with E-state index in [0.717, 1.165) is 22.3 Å². The summed E-state index contributed by atoms with van der Waals surface area (Å²) in [5, 5.41) is 69.5. The molecule has 16 nitrogen and oxygen atoms in total. The zero-order valence-corrected chi connectivity index (χ0v) is 67.8. The summed E-state index contributed by atoms with van der Waals surface area (Å²) in [7, 11) is 0. The number of ether oxygens (including phenoxy) is 8. The summed E-state index contributed by atoms with van der Waals surface area (Å²) in [5.74, 6) is 3.63. The lowest BCUT2D eigenvalue weighted by molar-refractivity contribution is 0.102. The van der Waals surface area contributed by atoms with E-state index < -0.39 is 38.6 Å². The van der Waals surface area contributed by atoms with Crippen molar-refractivity contribution in [3.63, 3.8) is 0 Å². The second-order valence-electron chi connectivity index (χ2n) is 32.5. The third-order valence-corrected chi connectivity index (χ3v) is 23.3. The number of para-hydroxylation sites is 2. The van der Waals surface area contributed by atoms with Crippen molar-refractivity contribution in [1.82, 2.24) is 0 Å². The molecule has 0 radical (unpaired) electrons. The molecule has 2 aliphatic rings. The number of nitrogens with zero attached hydrogens (tertiary/aromatic N) is 4. The maximum absolute atomic E-state index is 11.8. The minimum absolute atomic E-state index is 0.0387. The van der Waals surface area contributed by atoms with E-state index in [1.807, 2.05) is 146 Å². The lowest BCUT2D eigenvalue weighted by atomic mass is 9.72. The molecule has 0 aliphatic heterocycles. The van der Waals surface area contributed by atoms with Gasteiger partial charge in [0.15, 0.2) is 23.0 Å². The van der Waals surface area contributed by atoms with Gasteiger partial charge in [-0.15, -0.1) is 0 Å². The highest BCUT2D eigenvalue weighted by Gasteiger charge is 2.57. The van der Waals surface area contributed by atoms with Crippen molar-refractivity contribution < 1.29 is 58.3 Å². The monoisotopic (exact) mass is 1590 g/mol. The largest absolute Gasteiger partial charge is 0.468 e. The molecular weight excluding hydrogens is 1510 g/mol. The summed E-state index contributed by atoms with van der Waals surface area (Å²) >= 11 is 0. The Labute approximate surface area is 703 Å². The molecule has 121 heavy (non-hydrogen) atoms. The second kappa shape index (κ2) is 32.0. The fourth-order valence-electron chi connectivity index (χ4n) is 16.9. The molecule has 0 amide bonds. The van der Waals surface area contributed by atoms with Crippen molar-refractivity contribution in [2.24, 2.45) is 0 Å². The molecule has 0 saturated carbocycles. The van der Waals surface area contributed by atoms with E-state index in [2.05, 4.69) is 49.5 Å². The quantitative estimate of drug-likeness (QED) is 0.0415. The molecule has 5 unspecified atom stereocenters. The van der Waals surface area contributed by atoms with Crippen LogP contribution in [0.4, 0.5) is 11.4 Å². The maximum atomic E-state index is 11.8. The molecule has 0 fully saturated rings. The van der Waals surface area contributed by atoms with E-state index in [0.29, 0.717) is 80.3 Å². The lowest BCUT2D eigenvalue weighted by Crippen LogP contribution is -2.27. The van der Waals surface area contributed by atoms with Gasteiger partial charge in [0.2, 0.25) is 0 Å². The van der Waals surface area contributed by atoms with Crippen LogP contribution in [-0.2, 0) is 38.6 Å². The fourth-order valence-corrected chi connectivity index (χ4v) is 16.9. The standard InChI is InChI=1S/C105H84N4O12/c1-99(2)65-105(83-61-95(119-88-38-24-36-86(80(88)64-107)115-76-53-45-72(46-54-76)102(6,111)68-29-17-12-18-30-68)93(59-81(83)99)118-87-37-23-35-85(79(87)63-106)114-75-51-43-71(44-52-75)101(5,110)67-27-15-11-16-28-67)66-100(3,4)82-60-94(120-91-41-25-39-89(97(91)108-9)116-77-55-47-73(48-56-77)103(7,112)69-31-19-13-20-32-69)96(62-84(82)105)121-92-42-26-40-90(98(92)109-10)117-78-57-49-74(50-58-78)104(8,113)70-33-21-14-22-34-70/h11-62,110-113H,65-66H2,1-8H3. The summed E-state index contributed by atoms with van der Waals surface area (Å²) in [6.45, 7) is 33.1. The molecule has 0 saturated heterocycles. The minimum atomic E-state index is -1.32. The SMILES string of the molecule is [C-]#[N+]c1c(Oc2ccc(C(C)(O)c3ccccc3)cc2)cccc1Oc1cc2c(cc1Oc1cccc(Oc3ccc(C(C)(O)c4ccccc4)cc3)c1[N+]#[C-])C1(CC(C)(C)c3cc(Oc4cccc(Oc5ccc(C(C)(O)c6ccccc6)cc5)c4C#N)c(Oc4cccc(Oc5ccc(C(C)(O)c6ccccc6)cc5)c4C#N)cc31)CC2(C)C. The van der Waals surface area contributed by atoms with Gasteiger partial charge in [0.1, 0.15) is 115 Å². The predicted molar refractivity (Wildman–Crippen MR) is 463 cm³/mol. The van der Waals surface area contributed by atoms with Crippen LogP contribution in [0.5, 0.6) is 92.0 Å². The zero-order chi connectivity index (χ0) is 84.6. The highest BCUT2D eigenvalue weighted by atomic mass is 16.5. The Kier molecular flexibility index (Phi) is 21.2. The number of aliphatic hydroxyl groups is 4. The molecule has 4 N–H and O–H groups in total. The summed E-state index contributed by atoms with van der Waals surface area (Å²) in [5.41, 5.74) is 1.67. The molecule has 14 aromatic rings. The van der Waals surface area contributed by atoms with Crippen LogP contribution in [0, 0.1) is 35.8 Å². The highest BCUT2D eigenvalue weighted by Crippen LogP contribution is 2.66. The molecule has 0 bridgehead atoms. The van der Waals surface area contributed by atoms with Gasteiger partial charge in [-0.2, -0.15) is 10.5 Å². The van der Waals surface area contributed by atoms with Crippen LogP contribution in [-0.4, -0.2) is 20.4 Å². The van der Waals surface area contributed by atoms with Gasteiger partial charge in [-0.1, -0.05) is 222 Å². The first-order chi connectivity index (χ1) is 58.2. The molecular formula is C105H84N4O12. The van der Waals surface area contributed by atoms with Gasteiger partial charge in [-0.05, 0) is 239 Å². The molecule has 5 atom stereocenters. The summed E-state index contributed by atoms with van der Waals surface area (Å²) in [6.07, 6.45) is 1.05. The Bertz CT molecular complexity index is 6030. The molecule has 1 spiro atoms. The van der Waals surface area contributed by atoms with E-state index >= 15 is 0 Å². The minimum Gasteiger partial charge on any atom is -0.468 e. The van der Waals surface area contributed by atoms with Crippen molar-refractivity contribution in [3.8, 4) is 104 Å². The Morgan fingerprint density at radius 2 is 0.479 bits per heavy atom. The van der Waals surface area contributed by atoms with E-state index in [4.69, 9.17) is 51.0 Å². The van der Waals surface area contributed by atoms with Crippen molar-refractivity contribution in [2.75, 3.05) is 0 Å². The third kappa shape index (κ3) is 15.5. The molecule has 16 rings (SSSR count). The van der Waals surface area contributed by atoms with Crippen LogP contribution in [0.2, 0.25) is 0 Å². The zero-order valence-electron chi connectivity index (χ0n) is 67.8. The average Bonchev–Trinajstić information content (AvgIpc) is 1.52. The van der Waals surface area contributed by atoms with Crippen LogP contribution in [0.3, 0.4) is 0 Å². The number of fused-ring (bicyclic) bond motifs is 4. The van der Waals surface area contributed by atoms with Gasteiger partial charge in [0.25, 0.3) is 11.4 Å². The van der Waals surface area contributed by atoms with E-state index in [1.165, 1.54) is 0 Å². The van der Waals surface area contributed by atoms with Crippen LogP contribution >= 0.6 is 0 Å². The number of benzene rings is 14. The number of hydrogen-bond acceptors (Lipinski definition) is 14. The van der Waals surface area contributed by atoms with E-state index in [1.54, 1.807) is 198 Å². The third-order valence-electron chi connectivity index (χ3n) is 23.3. The van der Waals surface area contributed by atoms with E-state index in [9.17, 15) is 30.9 Å².